The van der Waals surface area contributed by atoms with E-state index in [9.17, 15) is 12.8 Å². The first-order chi connectivity index (χ1) is 7.85. The van der Waals surface area contributed by atoms with Crippen molar-refractivity contribution in [1.29, 1.82) is 0 Å². The quantitative estimate of drug-likeness (QED) is 0.877. The van der Waals surface area contributed by atoms with Crippen molar-refractivity contribution in [2.24, 2.45) is 0 Å². The van der Waals surface area contributed by atoms with Crippen molar-refractivity contribution in [3.05, 3.63) is 35.1 Å². The molecule has 5 heteroatoms. The average Bonchev–Trinajstić information content (AvgIpc) is 2.23. The average molecular weight is 259 g/mol. The Balaban J connectivity index is 2.90. The Morgan fingerprint density at radius 1 is 1.41 bits per heavy atom. The molecule has 0 aliphatic heterocycles. The maximum atomic E-state index is 13.9. The fourth-order valence-corrected chi connectivity index (χ4v) is 2.39. The predicted octanol–water partition coefficient (Wildman–Crippen LogP) is 1.83. The van der Waals surface area contributed by atoms with E-state index in [0.717, 1.165) is 0 Å². The second-order valence-electron chi connectivity index (χ2n) is 4.24. The molecule has 1 rings (SSSR count). The summed E-state index contributed by atoms with van der Waals surface area (Å²) in [6.07, 6.45) is 1.56. The van der Waals surface area contributed by atoms with Crippen LogP contribution in [0.15, 0.2) is 18.2 Å². The second kappa shape index (κ2) is 5.60. The molecule has 96 valence electrons. The van der Waals surface area contributed by atoms with Crippen LogP contribution in [0.2, 0.25) is 0 Å². The van der Waals surface area contributed by atoms with Gasteiger partial charge in [-0.3, -0.25) is 0 Å². The summed E-state index contributed by atoms with van der Waals surface area (Å²) < 4.78 is 36.1. The Morgan fingerprint density at radius 3 is 2.59 bits per heavy atom. The Kier molecular flexibility index (Phi) is 4.65. The van der Waals surface area contributed by atoms with Gasteiger partial charge in [0, 0.05) is 17.9 Å². The molecular formula is C12H18FNO2S. The minimum Gasteiger partial charge on any atom is -0.313 e. The Bertz CT molecular complexity index is 485. The van der Waals surface area contributed by atoms with Gasteiger partial charge < -0.3 is 5.32 Å². The largest absolute Gasteiger partial charge is 0.313 e. The molecular weight excluding hydrogens is 241 g/mol. The molecule has 0 bridgehead atoms. The van der Waals surface area contributed by atoms with E-state index in [4.69, 9.17) is 0 Å². The highest BCUT2D eigenvalue weighted by Crippen LogP contribution is 2.22. The Morgan fingerprint density at radius 2 is 2.06 bits per heavy atom. The number of benzene rings is 1. The molecule has 0 aliphatic carbocycles. The summed E-state index contributed by atoms with van der Waals surface area (Å²) in [5.74, 6) is -0.216. The Labute approximate surface area is 102 Å². The van der Waals surface area contributed by atoms with Gasteiger partial charge in [-0.1, -0.05) is 18.2 Å². The van der Waals surface area contributed by atoms with Crippen LogP contribution in [0.4, 0.5) is 4.39 Å². The highest BCUT2D eigenvalue weighted by atomic mass is 32.2. The first-order valence-corrected chi connectivity index (χ1v) is 7.51. The summed E-state index contributed by atoms with van der Waals surface area (Å²) in [4.78, 5) is 0. The Hall–Kier alpha value is -0.940. The number of hydrogen-bond acceptors (Lipinski definition) is 3. The number of rotatable bonds is 5. The van der Waals surface area contributed by atoms with Crippen molar-refractivity contribution >= 4 is 9.84 Å². The summed E-state index contributed by atoms with van der Waals surface area (Å²) in [5, 5.41) is 2.95. The van der Waals surface area contributed by atoms with Gasteiger partial charge in [-0.05, 0) is 26.0 Å². The van der Waals surface area contributed by atoms with Gasteiger partial charge in [-0.25, -0.2) is 12.8 Å². The maximum absolute atomic E-state index is 13.9. The second-order valence-corrected chi connectivity index (χ2v) is 6.50. The van der Waals surface area contributed by atoms with E-state index in [1.807, 2.05) is 0 Å². The molecule has 1 atom stereocenters. The van der Waals surface area contributed by atoms with Gasteiger partial charge in [0.2, 0.25) is 0 Å². The monoisotopic (exact) mass is 259 g/mol. The van der Waals surface area contributed by atoms with Gasteiger partial charge in [0.1, 0.15) is 15.7 Å². The van der Waals surface area contributed by atoms with Crippen LogP contribution in [0.5, 0.6) is 0 Å². The molecule has 1 N–H and O–H groups in total. The molecule has 1 aromatic rings. The van der Waals surface area contributed by atoms with E-state index >= 15 is 0 Å². The van der Waals surface area contributed by atoms with Crippen molar-refractivity contribution in [3.63, 3.8) is 0 Å². The SMILES string of the molecule is CNC(CCS(C)(=O)=O)c1cccc(C)c1F. The van der Waals surface area contributed by atoms with E-state index in [-0.39, 0.29) is 17.6 Å². The first-order valence-electron chi connectivity index (χ1n) is 5.45. The van der Waals surface area contributed by atoms with Crippen LogP contribution in [-0.4, -0.2) is 27.5 Å². The van der Waals surface area contributed by atoms with E-state index < -0.39 is 9.84 Å². The summed E-state index contributed by atoms with van der Waals surface area (Å²) in [5.41, 5.74) is 1.10. The minimum absolute atomic E-state index is 0.0475. The van der Waals surface area contributed by atoms with E-state index in [2.05, 4.69) is 5.32 Å². The van der Waals surface area contributed by atoms with Crippen LogP contribution in [0, 0.1) is 12.7 Å². The number of aryl methyl sites for hydroxylation is 1. The molecule has 0 spiro atoms. The molecule has 0 saturated heterocycles. The van der Waals surface area contributed by atoms with Gasteiger partial charge in [0.05, 0.1) is 5.75 Å². The molecule has 3 nitrogen and oxygen atoms in total. The van der Waals surface area contributed by atoms with Gasteiger partial charge in [0.25, 0.3) is 0 Å². The zero-order chi connectivity index (χ0) is 13.1. The zero-order valence-corrected chi connectivity index (χ0v) is 11.1. The third-order valence-electron chi connectivity index (χ3n) is 2.72. The summed E-state index contributed by atoms with van der Waals surface area (Å²) in [6.45, 7) is 1.70. The third-order valence-corrected chi connectivity index (χ3v) is 3.70. The van der Waals surface area contributed by atoms with Crippen molar-refractivity contribution < 1.29 is 12.8 Å². The van der Waals surface area contributed by atoms with Gasteiger partial charge >= 0.3 is 0 Å². The molecule has 0 fully saturated rings. The topological polar surface area (TPSA) is 46.2 Å². The first kappa shape index (κ1) is 14.1. The van der Waals surface area contributed by atoms with Gasteiger partial charge in [0.15, 0.2) is 0 Å². The van der Waals surface area contributed by atoms with Gasteiger partial charge in [-0.15, -0.1) is 0 Å². The molecule has 0 radical (unpaired) electrons. The number of sulfone groups is 1. The predicted molar refractivity (Wildman–Crippen MR) is 67.3 cm³/mol. The van der Waals surface area contributed by atoms with E-state index in [0.29, 0.717) is 17.5 Å². The lowest BCUT2D eigenvalue weighted by Gasteiger charge is -2.17. The number of nitrogens with one attached hydrogen (secondary N) is 1. The number of hydrogen-bond donors (Lipinski definition) is 1. The standard InChI is InChI=1S/C12H18FNO2S/c1-9-5-4-6-10(12(9)13)11(14-2)7-8-17(3,15)16/h4-6,11,14H,7-8H2,1-3H3. The fourth-order valence-electron chi connectivity index (χ4n) is 1.73. The van der Waals surface area contributed by atoms with E-state index in [1.54, 1.807) is 32.2 Å². The molecule has 17 heavy (non-hydrogen) atoms. The molecule has 0 heterocycles. The molecule has 0 aliphatic rings. The van der Waals surface area contributed by atoms with Crippen LogP contribution in [-0.2, 0) is 9.84 Å². The van der Waals surface area contributed by atoms with Crippen molar-refractivity contribution in [1.82, 2.24) is 5.32 Å². The summed E-state index contributed by atoms with van der Waals surface area (Å²) in [6, 6.07) is 4.89. The molecule has 0 amide bonds. The van der Waals surface area contributed by atoms with Gasteiger partial charge in [-0.2, -0.15) is 0 Å². The highest BCUT2D eigenvalue weighted by molar-refractivity contribution is 7.90. The maximum Gasteiger partial charge on any atom is 0.147 e. The lowest BCUT2D eigenvalue weighted by Crippen LogP contribution is -2.21. The smallest absolute Gasteiger partial charge is 0.147 e. The molecule has 0 saturated carbocycles. The minimum atomic E-state index is -3.02. The third kappa shape index (κ3) is 4.09. The van der Waals surface area contributed by atoms with Crippen LogP contribution >= 0.6 is 0 Å². The van der Waals surface area contributed by atoms with Crippen molar-refractivity contribution in [2.45, 2.75) is 19.4 Å². The molecule has 0 aromatic heterocycles. The van der Waals surface area contributed by atoms with Crippen LogP contribution < -0.4 is 5.32 Å². The molecule has 1 aromatic carbocycles. The van der Waals surface area contributed by atoms with E-state index in [1.165, 1.54) is 6.26 Å². The van der Waals surface area contributed by atoms with Crippen LogP contribution in [0.25, 0.3) is 0 Å². The lowest BCUT2D eigenvalue weighted by atomic mass is 10.0. The fraction of sp³-hybridized carbons (Fsp3) is 0.500. The lowest BCUT2D eigenvalue weighted by molar-refractivity contribution is 0.517. The summed E-state index contributed by atoms with van der Waals surface area (Å²) >= 11 is 0. The van der Waals surface area contributed by atoms with Crippen LogP contribution in [0.3, 0.4) is 0 Å². The van der Waals surface area contributed by atoms with Crippen molar-refractivity contribution in [2.75, 3.05) is 19.1 Å². The normalized spacial score (nSPS) is 13.6. The van der Waals surface area contributed by atoms with Crippen LogP contribution in [0.1, 0.15) is 23.6 Å². The summed E-state index contributed by atoms with van der Waals surface area (Å²) in [7, 11) is -1.32. The highest BCUT2D eigenvalue weighted by Gasteiger charge is 2.16. The zero-order valence-electron chi connectivity index (χ0n) is 10.3. The molecule has 1 unspecified atom stereocenters. The number of halogens is 1. The van der Waals surface area contributed by atoms with Crippen molar-refractivity contribution in [3.8, 4) is 0 Å².